The molecule has 0 radical (unpaired) electrons. The van der Waals surface area contributed by atoms with Crippen LogP contribution in [0.5, 0.6) is 0 Å². The number of carbonyl (C=O) groups excluding carboxylic acids is 1. The van der Waals surface area contributed by atoms with Crippen molar-refractivity contribution in [2.24, 2.45) is 5.92 Å². The first kappa shape index (κ1) is 20.0. The average molecular weight is 345 g/mol. The van der Waals surface area contributed by atoms with E-state index in [1.54, 1.807) is 0 Å². The largest absolute Gasteiger partial charge is 0.465 e. The van der Waals surface area contributed by atoms with Crippen LogP contribution in [0.15, 0.2) is 30.3 Å². The lowest BCUT2D eigenvalue weighted by Crippen LogP contribution is -2.09. The monoisotopic (exact) mass is 344 g/mol. The van der Waals surface area contributed by atoms with Crippen LogP contribution in [0.25, 0.3) is 0 Å². The van der Waals surface area contributed by atoms with Gasteiger partial charge in [-0.25, -0.2) is 0 Å². The molecule has 0 aliphatic heterocycles. The molecule has 2 nitrogen and oxygen atoms in total. The van der Waals surface area contributed by atoms with Crippen molar-refractivity contribution in [1.82, 2.24) is 0 Å². The normalized spacial score (nSPS) is 18.9. The summed E-state index contributed by atoms with van der Waals surface area (Å²) in [6.07, 6.45) is 15.5. The third kappa shape index (κ3) is 8.07. The number of carbonyl (C=O) groups is 1. The molecule has 2 rings (SSSR count). The highest BCUT2D eigenvalue weighted by Gasteiger charge is 2.44. The lowest BCUT2D eigenvalue weighted by Gasteiger charge is -2.05. The van der Waals surface area contributed by atoms with Crippen molar-refractivity contribution >= 4 is 5.97 Å². The van der Waals surface area contributed by atoms with E-state index in [9.17, 15) is 4.79 Å². The maximum Gasteiger partial charge on any atom is 0.309 e. The number of benzene rings is 1. The van der Waals surface area contributed by atoms with Crippen LogP contribution in [0.3, 0.4) is 0 Å². The second kappa shape index (κ2) is 12.1. The Morgan fingerprint density at radius 1 is 0.880 bits per heavy atom. The Balaban J connectivity index is 1.38. The fourth-order valence-electron chi connectivity index (χ4n) is 3.57. The van der Waals surface area contributed by atoms with Gasteiger partial charge in [0.25, 0.3) is 0 Å². The van der Waals surface area contributed by atoms with Crippen LogP contribution in [0.4, 0.5) is 0 Å². The highest BCUT2D eigenvalue weighted by Crippen LogP contribution is 2.48. The number of rotatable bonds is 14. The predicted octanol–water partition coefficient (Wildman–Crippen LogP) is 6.64. The van der Waals surface area contributed by atoms with Crippen LogP contribution in [0.1, 0.15) is 95.5 Å². The molecule has 1 fully saturated rings. The SMILES string of the molecule is CCCCCCCCCCCCCOC(=O)C1CC1c1ccccc1. The van der Waals surface area contributed by atoms with E-state index in [4.69, 9.17) is 4.74 Å². The van der Waals surface area contributed by atoms with Crippen LogP contribution >= 0.6 is 0 Å². The Kier molecular flexibility index (Phi) is 9.69. The molecule has 1 aromatic rings. The first-order chi connectivity index (χ1) is 12.3. The van der Waals surface area contributed by atoms with Crippen molar-refractivity contribution in [2.75, 3.05) is 6.61 Å². The Hall–Kier alpha value is -1.31. The summed E-state index contributed by atoms with van der Waals surface area (Å²) in [4.78, 5) is 12.0. The second-order valence-electron chi connectivity index (χ2n) is 7.56. The highest BCUT2D eigenvalue weighted by atomic mass is 16.5. The Morgan fingerprint density at radius 3 is 2.04 bits per heavy atom. The average Bonchev–Trinajstić information content (AvgIpc) is 3.44. The summed E-state index contributed by atoms with van der Waals surface area (Å²) in [7, 11) is 0. The number of esters is 1. The van der Waals surface area contributed by atoms with Crippen LogP contribution in [-0.2, 0) is 9.53 Å². The summed E-state index contributed by atoms with van der Waals surface area (Å²) in [6, 6.07) is 10.3. The molecule has 1 aliphatic carbocycles. The van der Waals surface area contributed by atoms with Crippen LogP contribution in [-0.4, -0.2) is 12.6 Å². The number of ether oxygens (including phenoxy) is 1. The third-order valence-corrected chi connectivity index (χ3v) is 5.31. The smallest absolute Gasteiger partial charge is 0.309 e. The molecule has 1 aromatic carbocycles. The van der Waals surface area contributed by atoms with E-state index in [-0.39, 0.29) is 11.9 Å². The van der Waals surface area contributed by atoms with Gasteiger partial charge in [-0.1, -0.05) is 101 Å². The van der Waals surface area contributed by atoms with Crippen LogP contribution in [0.2, 0.25) is 0 Å². The van der Waals surface area contributed by atoms with Gasteiger partial charge >= 0.3 is 5.97 Å². The minimum Gasteiger partial charge on any atom is -0.465 e. The van der Waals surface area contributed by atoms with E-state index in [1.165, 1.54) is 69.8 Å². The molecule has 0 amide bonds. The Morgan fingerprint density at radius 2 is 1.44 bits per heavy atom. The number of unbranched alkanes of at least 4 members (excludes halogenated alkanes) is 10. The molecule has 2 unspecified atom stereocenters. The standard InChI is InChI=1S/C23H36O2/c1-2-3-4-5-6-7-8-9-10-11-15-18-25-23(24)22-19-21(22)20-16-13-12-14-17-20/h12-14,16-17,21-22H,2-11,15,18-19H2,1H3. The van der Waals surface area contributed by atoms with Crippen molar-refractivity contribution in [3.05, 3.63) is 35.9 Å². The summed E-state index contributed by atoms with van der Waals surface area (Å²) in [6.45, 7) is 2.87. The summed E-state index contributed by atoms with van der Waals surface area (Å²) in [5.74, 6) is 0.516. The first-order valence-corrected chi connectivity index (χ1v) is 10.5. The molecule has 2 atom stereocenters. The van der Waals surface area contributed by atoms with Gasteiger partial charge < -0.3 is 4.74 Å². The van der Waals surface area contributed by atoms with Gasteiger partial charge in [0.05, 0.1) is 12.5 Å². The Bertz CT molecular complexity index is 468. The molecule has 140 valence electrons. The number of hydrogen-bond acceptors (Lipinski definition) is 2. The fourth-order valence-corrected chi connectivity index (χ4v) is 3.57. The zero-order valence-electron chi connectivity index (χ0n) is 16.1. The number of hydrogen-bond donors (Lipinski definition) is 0. The van der Waals surface area contributed by atoms with Crippen molar-refractivity contribution < 1.29 is 9.53 Å². The molecule has 2 heteroatoms. The van der Waals surface area contributed by atoms with E-state index in [0.29, 0.717) is 12.5 Å². The molecule has 1 aliphatic rings. The quantitative estimate of drug-likeness (QED) is 0.279. The molecule has 0 heterocycles. The van der Waals surface area contributed by atoms with E-state index in [2.05, 4.69) is 19.1 Å². The minimum absolute atomic E-state index is 0.0148. The van der Waals surface area contributed by atoms with Gasteiger partial charge in [0.2, 0.25) is 0 Å². The zero-order valence-corrected chi connectivity index (χ0v) is 16.1. The summed E-state index contributed by atoms with van der Waals surface area (Å²) < 4.78 is 5.46. The van der Waals surface area contributed by atoms with E-state index in [0.717, 1.165) is 12.8 Å². The molecule has 0 saturated heterocycles. The molecule has 0 bridgehead atoms. The molecule has 0 aromatic heterocycles. The molecular formula is C23H36O2. The van der Waals surface area contributed by atoms with Crippen LogP contribution in [0, 0.1) is 5.92 Å². The third-order valence-electron chi connectivity index (χ3n) is 5.31. The summed E-state index contributed by atoms with van der Waals surface area (Å²) in [5, 5.41) is 0. The summed E-state index contributed by atoms with van der Waals surface area (Å²) >= 11 is 0. The Labute approximate surface area is 154 Å². The molecule has 0 spiro atoms. The predicted molar refractivity (Wildman–Crippen MR) is 105 cm³/mol. The lowest BCUT2D eigenvalue weighted by atomic mass is 10.1. The second-order valence-corrected chi connectivity index (χ2v) is 7.56. The van der Waals surface area contributed by atoms with Crippen molar-refractivity contribution in [1.29, 1.82) is 0 Å². The van der Waals surface area contributed by atoms with Crippen molar-refractivity contribution in [3.8, 4) is 0 Å². The first-order valence-electron chi connectivity index (χ1n) is 10.5. The van der Waals surface area contributed by atoms with Gasteiger partial charge in [-0.15, -0.1) is 0 Å². The zero-order chi connectivity index (χ0) is 17.7. The minimum atomic E-state index is 0.0148. The van der Waals surface area contributed by atoms with Gasteiger partial charge in [-0.05, 0) is 24.3 Å². The van der Waals surface area contributed by atoms with Gasteiger partial charge in [-0.3, -0.25) is 4.79 Å². The summed E-state index contributed by atoms with van der Waals surface area (Å²) in [5.41, 5.74) is 1.28. The van der Waals surface area contributed by atoms with Gasteiger partial charge in [0.15, 0.2) is 0 Å². The highest BCUT2D eigenvalue weighted by molar-refractivity contribution is 5.77. The molecule has 25 heavy (non-hydrogen) atoms. The molecule has 0 N–H and O–H groups in total. The lowest BCUT2D eigenvalue weighted by molar-refractivity contribution is -0.145. The van der Waals surface area contributed by atoms with Crippen molar-refractivity contribution in [3.63, 3.8) is 0 Å². The van der Waals surface area contributed by atoms with E-state index < -0.39 is 0 Å². The van der Waals surface area contributed by atoms with Crippen molar-refractivity contribution in [2.45, 2.75) is 89.9 Å². The van der Waals surface area contributed by atoms with Gasteiger partial charge in [0.1, 0.15) is 0 Å². The fraction of sp³-hybridized carbons (Fsp3) is 0.696. The van der Waals surface area contributed by atoms with Gasteiger partial charge in [0, 0.05) is 0 Å². The molecule has 1 saturated carbocycles. The topological polar surface area (TPSA) is 26.3 Å². The molecular weight excluding hydrogens is 308 g/mol. The van der Waals surface area contributed by atoms with Gasteiger partial charge in [-0.2, -0.15) is 0 Å². The maximum atomic E-state index is 12.0. The van der Waals surface area contributed by atoms with Crippen LogP contribution < -0.4 is 0 Å². The van der Waals surface area contributed by atoms with E-state index >= 15 is 0 Å². The van der Waals surface area contributed by atoms with E-state index in [1.807, 2.05) is 18.2 Å². The maximum absolute atomic E-state index is 12.0.